The number of benzene rings is 2. The molecule has 0 atom stereocenters. The number of nitrogens with zero attached hydrogens (tertiary/aromatic N) is 1. The molecule has 0 aliphatic heterocycles. The third-order valence-electron chi connectivity index (χ3n) is 2.78. The van der Waals surface area contributed by atoms with Crippen molar-refractivity contribution in [3.05, 3.63) is 59.7 Å². The monoisotopic (exact) mass is 329 g/mol. The van der Waals surface area contributed by atoms with Crippen LogP contribution in [0.15, 0.2) is 53.6 Å². The number of esters is 1. The highest BCUT2D eigenvalue weighted by molar-refractivity contribution is 7.80. The molecule has 118 valence electrons. The minimum absolute atomic E-state index is 0.0725. The van der Waals surface area contributed by atoms with Crippen molar-refractivity contribution in [3.8, 4) is 11.5 Å². The van der Waals surface area contributed by atoms with E-state index in [-0.39, 0.29) is 5.11 Å². The summed E-state index contributed by atoms with van der Waals surface area (Å²) >= 11 is 4.64. The summed E-state index contributed by atoms with van der Waals surface area (Å²) < 4.78 is 10.4. The molecule has 0 saturated heterocycles. The number of ether oxygens (including phenoxy) is 2. The molecule has 0 heterocycles. The predicted octanol–water partition coefficient (Wildman–Crippen LogP) is 2.08. The Morgan fingerprint density at radius 3 is 2.61 bits per heavy atom. The van der Waals surface area contributed by atoms with E-state index in [1.807, 2.05) is 0 Å². The van der Waals surface area contributed by atoms with E-state index < -0.39 is 5.97 Å². The zero-order chi connectivity index (χ0) is 16.7. The van der Waals surface area contributed by atoms with Crippen LogP contribution in [-0.2, 0) is 0 Å². The van der Waals surface area contributed by atoms with Gasteiger partial charge in [0.25, 0.3) is 0 Å². The number of hydrazone groups is 1. The normalized spacial score (nSPS) is 10.3. The van der Waals surface area contributed by atoms with Crippen LogP contribution in [-0.4, -0.2) is 24.4 Å². The number of nitrogens with two attached hydrogens (primary N) is 1. The van der Waals surface area contributed by atoms with E-state index in [4.69, 9.17) is 15.2 Å². The van der Waals surface area contributed by atoms with Crippen molar-refractivity contribution in [1.29, 1.82) is 0 Å². The predicted molar refractivity (Wildman–Crippen MR) is 91.9 cm³/mol. The Hall–Kier alpha value is -2.93. The van der Waals surface area contributed by atoms with Crippen molar-refractivity contribution in [2.75, 3.05) is 7.11 Å². The fraction of sp³-hybridized carbons (Fsp3) is 0.0625. The van der Waals surface area contributed by atoms with E-state index in [0.717, 1.165) is 5.56 Å². The Bertz CT molecular complexity index is 730. The lowest BCUT2D eigenvalue weighted by molar-refractivity contribution is 0.0735. The molecule has 2 aromatic rings. The SMILES string of the molecule is COc1ccc(C(=O)Oc2cccc(C=NNC(N)=S)c2)cc1. The van der Waals surface area contributed by atoms with Crippen LogP contribution in [0.4, 0.5) is 0 Å². The number of carbonyl (C=O) groups excluding carboxylic acids is 1. The fourth-order valence-electron chi connectivity index (χ4n) is 1.72. The Morgan fingerprint density at radius 2 is 1.96 bits per heavy atom. The summed E-state index contributed by atoms with van der Waals surface area (Å²) in [5, 5.41) is 3.92. The van der Waals surface area contributed by atoms with Crippen molar-refractivity contribution in [3.63, 3.8) is 0 Å². The van der Waals surface area contributed by atoms with Gasteiger partial charge < -0.3 is 15.2 Å². The highest BCUT2D eigenvalue weighted by Gasteiger charge is 2.08. The molecule has 0 aliphatic carbocycles. The Labute approximate surface area is 138 Å². The minimum Gasteiger partial charge on any atom is -0.497 e. The maximum absolute atomic E-state index is 12.1. The summed E-state index contributed by atoms with van der Waals surface area (Å²) in [5.74, 6) is 0.623. The molecule has 3 N–H and O–H groups in total. The third kappa shape index (κ3) is 5.08. The number of carbonyl (C=O) groups is 1. The third-order valence-corrected chi connectivity index (χ3v) is 2.87. The van der Waals surface area contributed by atoms with E-state index in [1.54, 1.807) is 55.6 Å². The van der Waals surface area contributed by atoms with Crippen LogP contribution < -0.4 is 20.6 Å². The number of hydrogen-bond acceptors (Lipinski definition) is 5. The second kappa shape index (κ2) is 7.90. The van der Waals surface area contributed by atoms with Crippen LogP contribution in [0.2, 0.25) is 0 Å². The first-order valence-corrected chi connectivity index (χ1v) is 7.04. The lowest BCUT2D eigenvalue weighted by Crippen LogP contribution is -2.23. The first-order valence-electron chi connectivity index (χ1n) is 6.63. The molecule has 0 spiro atoms. The highest BCUT2D eigenvalue weighted by atomic mass is 32.1. The number of nitrogens with one attached hydrogen (secondary N) is 1. The molecule has 0 aliphatic rings. The molecule has 0 amide bonds. The largest absolute Gasteiger partial charge is 0.497 e. The van der Waals surface area contributed by atoms with Gasteiger partial charge >= 0.3 is 5.97 Å². The first kappa shape index (κ1) is 16.4. The van der Waals surface area contributed by atoms with Gasteiger partial charge in [0.2, 0.25) is 0 Å². The molecular weight excluding hydrogens is 314 g/mol. The molecule has 0 saturated carbocycles. The van der Waals surface area contributed by atoms with E-state index in [0.29, 0.717) is 17.1 Å². The summed E-state index contributed by atoms with van der Waals surface area (Å²) in [7, 11) is 1.56. The molecular formula is C16H15N3O3S. The summed E-state index contributed by atoms with van der Waals surface area (Å²) in [6, 6.07) is 13.6. The number of rotatable bonds is 5. The molecule has 0 radical (unpaired) electrons. The van der Waals surface area contributed by atoms with Gasteiger partial charge in [-0.05, 0) is 54.2 Å². The number of thiocarbonyl (C=S) groups is 1. The fourth-order valence-corrected chi connectivity index (χ4v) is 1.77. The van der Waals surface area contributed by atoms with Gasteiger partial charge in [0, 0.05) is 0 Å². The summed E-state index contributed by atoms with van der Waals surface area (Å²) in [6.45, 7) is 0. The molecule has 23 heavy (non-hydrogen) atoms. The molecule has 0 bridgehead atoms. The van der Waals surface area contributed by atoms with Gasteiger partial charge in [-0.3, -0.25) is 5.43 Å². The van der Waals surface area contributed by atoms with Gasteiger partial charge in [0.15, 0.2) is 5.11 Å². The van der Waals surface area contributed by atoms with Crippen molar-refractivity contribution >= 4 is 29.5 Å². The topological polar surface area (TPSA) is 85.9 Å². The maximum Gasteiger partial charge on any atom is 0.343 e. The molecule has 2 rings (SSSR count). The van der Waals surface area contributed by atoms with Gasteiger partial charge in [-0.1, -0.05) is 12.1 Å². The zero-order valence-electron chi connectivity index (χ0n) is 12.4. The quantitative estimate of drug-likeness (QED) is 0.287. The van der Waals surface area contributed by atoms with E-state index in [9.17, 15) is 4.79 Å². The Morgan fingerprint density at radius 1 is 1.22 bits per heavy atom. The molecule has 6 nitrogen and oxygen atoms in total. The van der Waals surface area contributed by atoms with Crippen LogP contribution in [0.3, 0.4) is 0 Å². The van der Waals surface area contributed by atoms with Gasteiger partial charge in [-0.2, -0.15) is 5.10 Å². The molecule has 0 fully saturated rings. The lowest BCUT2D eigenvalue weighted by Gasteiger charge is -2.06. The summed E-state index contributed by atoms with van der Waals surface area (Å²) in [4.78, 5) is 12.1. The van der Waals surface area contributed by atoms with E-state index in [2.05, 4.69) is 22.7 Å². The molecule has 0 aromatic heterocycles. The summed E-state index contributed by atoms with van der Waals surface area (Å²) in [5.41, 5.74) is 8.88. The standard InChI is InChI=1S/C16H15N3O3S/c1-21-13-7-5-12(6-8-13)15(20)22-14-4-2-3-11(9-14)10-18-19-16(17)23/h2-10H,1H3,(H3,17,19,23). The first-order chi connectivity index (χ1) is 11.1. The van der Waals surface area contributed by atoms with Crippen LogP contribution in [0.5, 0.6) is 11.5 Å². The second-order valence-corrected chi connectivity index (χ2v) is 4.86. The van der Waals surface area contributed by atoms with Gasteiger partial charge in [-0.25, -0.2) is 4.79 Å². The van der Waals surface area contributed by atoms with Crippen LogP contribution in [0.1, 0.15) is 15.9 Å². The lowest BCUT2D eigenvalue weighted by atomic mass is 10.2. The van der Waals surface area contributed by atoms with E-state index >= 15 is 0 Å². The van der Waals surface area contributed by atoms with Crippen molar-refractivity contribution < 1.29 is 14.3 Å². The van der Waals surface area contributed by atoms with Gasteiger partial charge in [0.05, 0.1) is 18.9 Å². The average molecular weight is 329 g/mol. The smallest absolute Gasteiger partial charge is 0.343 e. The zero-order valence-corrected chi connectivity index (χ0v) is 13.2. The van der Waals surface area contributed by atoms with E-state index in [1.165, 1.54) is 6.21 Å². The van der Waals surface area contributed by atoms with Crippen LogP contribution >= 0.6 is 12.2 Å². The van der Waals surface area contributed by atoms with Crippen LogP contribution in [0, 0.1) is 0 Å². The second-order valence-electron chi connectivity index (χ2n) is 4.42. The molecule has 2 aromatic carbocycles. The maximum atomic E-state index is 12.1. The van der Waals surface area contributed by atoms with Crippen molar-refractivity contribution in [1.82, 2.24) is 5.43 Å². The molecule has 0 unspecified atom stereocenters. The molecule has 7 heteroatoms. The van der Waals surface area contributed by atoms with Gasteiger partial charge in [0.1, 0.15) is 11.5 Å². The highest BCUT2D eigenvalue weighted by Crippen LogP contribution is 2.16. The van der Waals surface area contributed by atoms with Gasteiger partial charge in [-0.15, -0.1) is 0 Å². The Kier molecular flexibility index (Phi) is 5.65. The Balaban J connectivity index is 2.05. The summed E-state index contributed by atoms with van der Waals surface area (Å²) in [6.07, 6.45) is 1.52. The number of methoxy groups -OCH3 is 1. The minimum atomic E-state index is -0.456. The van der Waals surface area contributed by atoms with Crippen molar-refractivity contribution in [2.24, 2.45) is 10.8 Å². The van der Waals surface area contributed by atoms with Crippen molar-refractivity contribution in [2.45, 2.75) is 0 Å². The van der Waals surface area contributed by atoms with Crippen LogP contribution in [0.25, 0.3) is 0 Å². The average Bonchev–Trinajstić information content (AvgIpc) is 2.55. The number of hydrogen-bond donors (Lipinski definition) is 2.